The first-order chi connectivity index (χ1) is 7.23. The van der Waals surface area contributed by atoms with E-state index < -0.39 is 11.6 Å². The van der Waals surface area contributed by atoms with Crippen molar-refractivity contribution in [3.05, 3.63) is 0 Å². The Hall–Kier alpha value is -1.10. The Morgan fingerprint density at radius 2 is 1.75 bits per heavy atom. The molecule has 0 rings (SSSR count). The van der Waals surface area contributed by atoms with E-state index in [2.05, 4.69) is 5.32 Å². The Morgan fingerprint density at radius 3 is 2.06 bits per heavy atom. The van der Waals surface area contributed by atoms with Gasteiger partial charge in [-0.3, -0.25) is 9.59 Å². The Bertz CT molecular complexity index is 254. The van der Waals surface area contributed by atoms with Crippen molar-refractivity contribution in [2.24, 2.45) is 5.73 Å². The maximum absolute atomic E-state index is 11.8. The van der Waals surface area contributed by atoms with Crippen molar-refractivity contribution in [2.45, 2.75) is 46.2 Å². The summed E-state index contributed by atoms with van der Waals surface area (Å²) in [7, 11) is 0. The van der Waals surface area contributed by atoms with Gasteiger partial charge in [0.25, 0.3) is 0 Å². The van der Waals surface area contributed by atoms with Crippen molar-refractivity contribution in [3.8, 4) is 0 Å². The lowest BCUT2D eigenvalue weighted by Crippen LogP contribution is -2.55. The van der Waals surface area contributed by atoms with Crippen LogP contribution in [0, 0.1) is 0 Å². The van der Waals surface area contributed by atoms with E-state index in [1.54, 1.807) is 25.7 Å². The molecule has 0 aromatic heterocycles. The van der Waals surface area contributed by atoms with Crippen LogP contribution in [-0.2, 0) is 9.59 Å². The van der Waals surface area contributed by atoms with Gasteiger partial charge in [-0.2, -0.15) is 0 Å². The lowest BCUT2D eigenvalue weighted by molar-refractivity contribution is -0.136. The van der Waals surface area contributed by atoms with Crippen LogP contribution in [0.25, 0.3) is 0 Å². The summed E-state index contributed by atoms with van der Waals surface area (Å²) in [5.41, 5.74) is 4.67. The average molecular weight is 229 g/mol. The van der Waals surface area contributed by atoms with Crippen molar-refractivity contribution in [1.82, 2.24) is 10.2 Å². The number of nitrogens with zero attached hydrogens (tertiary/aromatic N) is 1. The van der Waals surface area contributed by atoms with Gasteiger partial charge in [-0.15, -0.1) is 0 Å². The third kappa shape index (κ3) is 4.18. The Kier molecular flexibility index (Phi) is 5.44. The van der Waals surface area contributed by atoms with E-state index in [1.807, 2.05) is 13.8 Å². The smallest absolute Gasteiger partial charge is 0.244 e. The van der Waals surface area contributed by atoms with E-state index in [4.69, 9.17) is 5.73 Å². The highest BCUT2D eigenvalue weighted by atomic mass is 16.2. The molecule has 5 heteroatoms. The van der Waals surface area contributed by atoms with Crippen LogP contribution in [0.3, 0.4) is 0 Å². The van der Waals surface area contributed by atoms with E-state index in [9.17, 15) is 9.59 Å². The molecule has 0 aromatic carbocycles. The van der Waals surface area contributed by atoms with E-state index >= 15 is 0 Å². The van der Waals surface area contributed by atoms with Crippen LogP contribution in [0.4, 0.5) is 0 Å². The molecule has 0 aliphatic rings. The quantitative estimate of drug-likeness (QED) is 0.702. The zero-order valence-electron chi connectivity index (χ0n) is 10.8. The predicted octanol–water partition coefficient (Wildman–Crippen LogP) is 0.0968. The Balaban J connectivity index is 4.42. The summed E-state index contributed by atoms with van der Waals surface area (Å²) in [5.74, 6) is -0.400. The van der Waals surface area contributed by atoms with Crippen LogP contribution >= 0.6 is 0 Å². The van der Waals surface area contributed by atoms with Gasteiger partial charge in [-0.05, 0) is 34.6 Å². The number of rotatable bonds is 5. The minimum atomic E-state index is -0.961. The van der Waals surface area contributed by atoms with Crippen molar-refractivity contribution < 1.29 is 9.59 Å². The first-order valence-electron chi connectivity index (χ1n) is 5.62. The minimum absolute atomic E-state index is 0.0809. The molecule has 0 saturated heterocycles. The Labute approximate surface area is 97.4 Å². The fourth-order valence-corrected chi connectivity index (χ4v) is 1.25. The number of likely N-dealkylation sites (N-methyl/N-ethyl adjacent to an activating group) is 1. The van der Waals surface area contributed by atoms with Gasteiger partial charge < -0.3 is 16.0 Å². The predicted molar refractivity (Wildman–Crippen MR) is 63.8 cm³/mol. The molecule has 0 spiro atoms. The topological polar surface area (TPSA) is 75.4 Å². The fourth-order valence-electron chi connectivity index (χ4n) is 1.25. The van der Waals surface area contributed by atoms with Gasteiger partial charge in [0, 0.05) is 13.1 Å². The van der Waals surface area contributed by atoms with Gasteiger partial charge in [0.1, 0.15) is 6.04 Å². The van der Waals surface area contributed by atoms with Gasteiger partial charge in [0.2, 0.25) is 11.8 Å². The molecule has 0 bridgehead atoms. The molecule has 0 aromatic rings. The third-order valence-corrected chi connectivity index (χ3v) is 2.38. The highest BCUT2D eigenvalue weighted by Gasteiger charge is 2.26. The number of carbonyl (C=O) groups is 2. The third-order valence-electron chi connectivity index (χ3n) is 2.38. The summed E-state index contributed by atoms with van der Waals surface area (Å²) in [6, 6.07) is -0.532. The molecule has 5 nitrogen and oxygen atoms in total. The van der Waals surface area contributed by atoms with E-state index in [-0.39, 0.29) is 11.8 Å². The van der Waals surface area contributed by atoms with Gasteiger partial charge in [-0.1, -0.05) is 0 Å². The van der Waals surface area contributed by atoms with Crippen molar-refractivity contribution >= 4 is 11.8 Å². The first-order valence-corrected chi connectivity index (χ1v) is 5.62. The standard InChI is InChI=1S/C11H23N3O2/c1-6-14(7-2)9(15)8(3)13-10(16)11(4,5)12/h8H,6-7,12H2,1-5H3,(H,13,16). The van der Waals surface area contributed by atoms with E-state index in [1.165, 1.54) is 0 Å². The normalized spacial score (nSPS) is 13.1. The molecule has 16 heavy (non-hydrogen) atoms. The van der Waals surface area contributed by atoms with Crippen LogP contribution in [0.1, 0.15) is 34.6 Å². The number of nitrogens with two attached hydrogens (primary N) is 1. The summed E-state index contributed by atoms with van der Waals surface area (Å²) in [6.45, 7) is 9.98. The van der Waals surface area contributed by atoms with Crippen molar-refractivity contribution in [2.75, 3.05) is 13.1 Å². The lowest BCUT2D eigenvalue weighted by Gasteiger charge is -2.26. The van der Waals surface area contributed by atoms with Crippen LogP contribution in [0.2, 0.25) is 0 Å². The molecule has 0 radical (unpaired) electrons. The van der Waals surface area contributed by atoms with Crippen LogP contribution in [0.5, 0.6) is 0 Å². The summed E-state index contributed by atoms with van der Waals surface area (Å²) >= 11 is 0. The monoisotopic (exact) mass is 229 g/mol. The number of amides is 2. The second-order valence-electron chi connectivity index (χ2n) is 4.43. The second kappa shape index (κ2) is 5.84. The molecule has 0 heterocycles. The maximum atomic E-state index is 11.8. The van der Waals surface area contributed by atoms with E-state index in [0.29, 0.717) is 13.1 Å². The van der Waals surface area contributed by atoms with Crippen molar-refractivity contribution in [1.29, 1.82) is 0 Å². The molecule has 3 N–H and O–H groups in total. The average Bonchev–Trinajstić information content (AvgIpc) is 2.17. The molecule has 2 amide bonds. The van der Waals surface area contributed by atoms with Gasteiger partial charge >= 0.3 is 0 Å². The fraction of sp³-hybridized carbons (Fsp3) is 0.818. The number of nitrogens with one attached hydrogen (secondary N) is 1. The number of carbonyl (C=O) groups excluding carboxylic acids is 2. The van der Waals surface area contributed by atoms with Gasteiger partial charge in [0.15, 0.2) is 0 Å². The minimum Gasteiger partial charge on any atom is -0.343 e. The molecule has 94 valence electrons. The molecule has 0 aliphatic heterocycles. The SMILES string of the molecule is CCN(CC)C(=O)C(C)NC(=O)C(C)(C)N. The summed E-state index contributed by atoms with van der Waals surface area (Å²) in [5, 5.41) is 2.61. The van der Waals surface area contributed by atoms with Gasteiger partial charge in [-0.25, -0.2) is 0 Å². The summed E-state index contributed by atoms with van der Waals surface area (Å²) in [6.07, 6.45) is 0. The van der Waals surface area contributed by atoms with Crippen LogP contribution in [0.15, 0.2) is 0 Å². The molecular formula is C11H23N3O2. The summed E-state index contributed by atoms with van der Waals surface area (Å²) < 4.78 is 0. The molecule has 0 saturated carbocycles. The van der Waals surface area contributed by atoms with Gasteiger partial charge in [0.05, 0.1) is 5.54 Å². The lowest BCUT2D eigenvalue weighted by atomic mass is 10.1. The second-order valence-corrected chi connectivity index (χ2v) is 4.43. The summed E-state index contributed by atoms with van der Waals surface area (Å²) in [4.78, 5) is 25.1. The highest BCUT2D eigenvalue weighted by Crippen LogP contribution is 2.00. The molecular weight excluding hydrogens is 206 g/mol. The zero-order valence-corrected chi connectivity index (χ0v) is 10.8. The maximum Gasteiger partial charge on any atom is 0.244 e. The highest BCUT2D eigenvalue weighted by molar-refractivity contribution is 5.91. The first kappa shape index (κ1) is 14.9. The largest absolute Gasteiger partial charge is 0.343 e. The van der Waals surface area contributed by atoms with Crippen LogP contribution < -0.4 is 11.1 Å². The number of hydrogen-bond acceptors (Lipinski definition) is 3. The van der Waals surface area contributed by atoms with E-state index in [0.717, 1.165) is 0 Å². The van der Waals surface area contributed by atoms with Crippen molar-refractivity contribution in [3.63, 3.8) is 0 Å². The number of hydrogen-bond donors (Lipinski definition) is 2. The molecule has 1 atom stereocenters. The molecule has 0 aliphatic carbocycles. The zero-order chi connectivity index (χ0) is 12.9. The Morgan fingerprint density at radius 1 is 1.31 bits per heavy atom. The molecule has 1 unspecified atom stereocenters. The van der Waals surface area contributed by atoms with Crippen LogP contribution in [-0.4, -0.2) is 41.4 Å². The molecule has 0 fully saturated rings.